The van der Waals surface area contributed by atoms with Crippen molar-refractivity contribution in [1.82, 2.24) is 5.32 Å². The van der Waals surface area contributed by atoms with Crippen molar-refractivity contribution >= 4 is 21.8 Å². The molecule has 0 saturated heterocycles. The van der Waals surface area contributed by atoms with Crippen molar-refractivity contribution in [2.45, 2.75) is 25.7 Å². The van der Waals surface area contributed by atoms with Gasteiger partial charge in [-0.15, -0.1) is 0 Å². The van der Waals surface area contributed by atoms with Crippen molar-refractivity contribution < 1.29 is 9.53 Å². The smallest absolute Gasteiger partial charge is 0.234 e. The lowest BCUT2D eigenvalue weighted by atomic mass is 9.84. The van der Waals surface area contributed by atoms with Crippen LogP contribution in [0.5, 0.6) is 5.75 Å². The zero-order valence-electron chi connectivity index (χ0n) is 11.3. The van der Waals surface area contributed by atoms with E-state index in [1.807, 2.05) is 38.1 Å². The molecular formula is C14H17BrN2O2. The van der Waals surface area contributed by atoms with Crippen LogP contribution in [0, 0.1) is 11.3 Å². The SMILES string of the molecule is COc1ccc(C(C)(C)CNC(=O)CC#N)cc1Br. The predicted molar refractivity (Wildman–Crippen MR) is 77.0 cm³/mol. The minimum absolute atomic E-state index is 0.109. The molecule has 0 aromatic heterocycles. The van der Waals surface area contributed by atoms with Gasteiger partial charge in [-0.1, -0.05) is 19.9 Å². The summed E-state index contributed by atoms with van der Waals surface area (Å²) in [6.45, 7) is 4.55. The molecule has 19 heavy (non-hydrogen) atoms. The number of nitrogens with zero attached hydrogens (tertiary/aromatic N) is 1. The predicted octanol–water partition coefficient (Wildman–Crippen LogP) is 2.77. The normalized spacial score (nSPS) is 10.7. The molecular weight excluding hydrogens is 308 g/mol. The van der Waals surface area contributed by atoms with Gasteiger partial charge in [-0.05, 0) is 33.6 Å². The maximum atomic E-state index is 11.3. The van der Waals surface area contributed by atoms with E-state index in [4.69, 9.17) is 10.00 Å². The van der Waals surface area contributed by atoms with E-state index in [1.54, 1.807) is 7.11 Å². The minimum Gasteiger partial charge on any atom is -0.496 e. The molecule has 0 atom stereocenters. The Balaban J connectivity index is 2.79. The van der Waals surface area contributed by atoms with Gasteiger partial charge in [0.25, 0.3) is 0 Å². The Morgan fingerprint density at radius 3 is 2.74 bits per heavy atom. The summed E-state index contributed by atoms with van der Waals surface area (Å²) in [7, 11) is 1.62. The van der Waals surface area contributed by atoms with Crippen molar-refractivity contribution in [2.24, 2.45) is 0 Å². The third-order valence-corrected chi connectivity index (χ3v) is 3.52. The lowest BCUT2D eigenvalue weighted by Gasteiger charge is -2.26. The summed E-state index contributed by atoms with van der Waals surface area (Å²) in [6, 6.07) is 7.67. The van der Waals surface area contributed by atoms with E-state index in [1.165, 1.54) is 0 Å². The summed E-state index contributed by atoms with van der Waals surface area (Å²) < 4.78 is 6.07. The molecule has 1 aromatic rings. The Morgan fingerprint density at radius 1 is 1.53 bits per heavy atom. The number of hydrogen-bond donors (Lipinski definition) is 1. The number of amides is 1. The van der Waals surface area contributed by atoms with Crippen molar-refractivity contribution in [1.29, 1.82) is 5.26 Å². The molecule has 5 heteroatoms. The lowest BCUT2D eigenvalue weighted by molar-refractivity contribution is -0.120. The van der Waals surface area contributed by atoms with Gasteiger partial charge in [0.05, 0.1) is 17.7 Å². The first-order valence-electron chi connectivity index (χ1n) is 5.88. The van der Waals surface area contributed by atoms with Gasteiger partial charge in [-0.25, -0.2) is 0 Å². The van der Waals surface area contributed by atoms with Crippen molar-refractivity contribution in [3.05, 3.63) is 28.2 Å². The molecule has 1 N–H and O–H groups in total. The Morgan fingerprint density at radius 2 is 2.21 bits per heavy atom. The van der Waals surface area contributed by atoms with Crippen molar-refractivity contribution in [3.63, 3.8) is 0 Å². The highest BCUT2D eigenvalue weighted by Gasteiger charge is 2.22. The van der Waals surface area contributed by atoms with Crippen LogP contribution in [0.1, 0.15) is 25.8 Å². The van der Waals surface area contributed by atoms with Gasteiger partial charge in [0.1, 0.15) is 12.2 Å². The number of benzene rings is 1. The number of hydrogen-bond acceptors (Lipinski definition) is 3. The monoisotopic (exact) mass is 324 g/mol. The maximum Gasteiger partial charge on any atom is 0.234 e. The van der Waals surface area contributed by atoms with Gasteiger partial charge in [0, 0.05) is 12.0 Å². The molecule has 0 radical (unpaired) electrons. The van der Waals surface area contributed by atoms with Crippen LogP contribution in [0.25, 0.3) is 0 Å². The summed E-state index contributed by atoms with van der Waals surface area (Å²) in [4.78, 5) is 11.3. The Kier molecular flexibility index (Phi) is 5.37. The highest BCUT2D eigenvalue weighted by molar-refractivity contribution is 9.10. The molecule has 0 heterocycles. The van der Waals surface area contributed by atoms with E-state index >= 15 is 0 Å². The average Bonchev–Trinajstić information content (AvgIpc) is 2.37. The largest absolute Gasteiger partial charge is 0.496 e. The lowest BCUT2D eigenvalue weighted by Crippen LogP contribution is -2.36. The molecule has 1 rings (SSSR count). The molecule has 0 aliphatic rings. The highest BCUT2D eigenvalue weighted by Crippen LogP contribution is 2.31. The summed E-state index contributed by atoms with van der Waals surface area (Å²) in [6.07, 6.45) is -0.109. The van der Waals surface area contributed by atoms with E-state index in [0.717, 1.165) is 15.8 Å². The van der Waals surface area contributed by atoms with Gasteiger partial charge >= 0.3 is 0 Å². The molecule has 0 bridgehead atoms. The first kappa shape index (κ1) is 15.5. The van der Waals surface area contributed by atoms with E-state index in [0.29, 0.717) is 6.54 Å². The van der Waals surface area contributed by atoms with Crippen LogP contribution >= 0.6 is 15.9 Å². The number of rotatable bonds is 5. The zero-order chi connectivity index (χ0) is 14.5. The number of halogens is 1. The summed E-state index contributed by atoms with van der Waals surface area (Å²) >= 11 is 3.45. The Hall–Kier alpha value is -1.54. The Bertz CT molecular complexity index is 507. The topological polar surface area (TPSA) is 62.1 Å². The quantitative estimate of drug-likeness (QED) is 0.905. The summed E-state index contributed by atoms with van der Waals surface area (Å²) in [5, 5.41) is 11.2. The Labute approximate surface area is 121 Å². The molecule has 0 fully saturated rings. The second kappa shape index (κ2) is 6.58. The molecule has 102 valence electrons. The van der Waals surface area contributed by atoms with Gasteiger partial charge in [-0.2, -0.15) is 5.26 Å². The fraction of sp³-hybridized carbons (Fsp3) is 0.429. The summed E-state index contributed by atoms with van der Waals surface area (Å²) in [5.74, 6) is 0.524. The molecule has 0 unspecified atom stereocenters. The van der Waals surface area contributed by atoms with Crippen LogP contribution in [0.15, 0.2) is 22.7 Å². The highest BCUT2D eigenvalue weighted by atomic mass is 79.9. The number of nitriles is 1. The summed E-state index contributed by atoms with van der Waals surface area (Å²) in [5.41, 5.74) is 0.859. The minimum atomic E-state index is -0.247. The molecule has 1 amide bonds. The van der Waals surface area contributed by atoms with Crippen molar-refractivity contribution in [3.8, 4) is 11.8 Å². The number of carbonyl (C=O) groups excluding carboxylic acids is 1. The third kappa shape index (κ3) is 4.25. The fourth-order valence-corrected chi connectivity index (χ4v) is 2.18. The van der Waals surface area contributed by atoms with Crippen LogP contribution in [-0.4, -0.2) is 19.6 Å². The first-order chi connectivity index (χ1) is 8.90. The van der Waals surface area contributed by atoms with Gasteiger partial charge in [-0.3, -0.25) is 4.79 Å². The molecule has 0 aliphatic heterocycles. The van der Waals surface area contributed by atoms with Gasteiger partial charge < -0.3 is 10.1 Å². The number of carbonyl (C=O) groups is 1. The average molecular weight is 325 g/mol. The van der Waals surface area contributed by atoms with Crippen LogP contribution in [0.4, 0.5) is 0 Å². The van der Waals surface area contributed by atoms with Crippen molar-refractivity contribution in [2.75, 3.05) is 13.7 Å². The van der Waals surface area contributed by atoms with Crippen LogP contribution in [0.3, 0.4) is 0 Å². The molecule has 1 aromatic carbocycles. The number of nitrogens with one attached hydrogen (secondary N) is 1. The van der Waals surface area contributed by atoms with E-state index in [2.05, 4.69) is 21.2 Å². The molecule has 0 aliphatic carbocycles. The van der Waals surface area contributed by atoms with Gasteiger partial charge in [0.2, 0.25) is 5.91 Å². The number of methoxy groups -OCH3 is 1. The standard InChI is InChI=1S/C14H17BrN2O2/c1-14(2,9-17-13(18)6-7-16)10-4-5-12(19-3)11(15)8-10/h4-5,8H,6,9H2,1-3H3,(H,17,18). The zero-order valence-corrected chi connectivity index (χ0v) is 12.9. The van der Waals surface area contributed by atoms with Gasteiger partial charge in [0.15, 0.2) is 0 Å². The molecule has 0 saturated carbocycles. The van der Waals surface area contributed by atoms with E-state index in [-0.39, 0.29) is 17.7 Å². The van der Waals surface area contributed by atoms with Crippen LogP contribution < -0.4 is 10.1 Å². The molecule has 4 nitrogen and oxygen atoms in total. The van der Waals surface area contributed by atoms with Crippen LogP contribution in [-0.2, 0) is 10.2 Å². The third-order valence-electron chi connectivity index (χ3n) is 2.90. The van der Waals surface area contributed by atoms with E-state index in [9.17, 15) is 4.79 Å². The second-order valence-electron chi connectivity index (χ2n) is 4.84. The van der Waals surface area contributed by atoms with E-state index < -0.39 is 0 Å². The maximum absolute atomic E-state index is 11.3. The second-order valence-corrected chi connectivity index (χ2v) is 5.70. The molecule has 0 spiro atoms. The van der Waals surface area contributed by atoms with Crippen LogP contribution in [0.2, 0.25) is 0 Å². The first-order valence-corrected chi connectivity index (χ1v) is 6.67. The number of ether oxygens (including phenoxy) is 1. The fourth-order valence-electron chi connectivity index (χ4n) is 1.64.